The van der Waals surface area contributed by atoms with Gasteiger partial charge in [-0.25, -0.2) is 0 Å². The molecule has 5 nitrogen and oxygen atoms in total. The summed E-state index contributed by atoms with van der Waals surface area (Å²) < 4.78 is 5.51. The smallest absolute Gasteiger partial charge is 0.262 e. The van der Waals surface area contributed by atoms with Gasteiger partial charge in [-0.1, -0.05) is 29.8 Å². The fourth-order valence-corrected chi connectivity index (χ4v) is 2.94. The lowest BCUT2D eigenvalue weighted by atomic mass is 10.1. The van der Waals surface area contributed by atoms with Crippen molar-refractivity contribution in [3.05, 3.63) is 88.4 Å². The largest absolute Gasteiger partial charge is 0.484 e. The Labute approximate surface area is 174 Å². The van der Waals surface area contributed by atoms with Gasteiger partial charge in [0.1, 0.15) is 5.75 Å². The lowest BCUT2D eigenvalue weighted by Crippen LogP contribution is -2.20. The summed E-state index contributed by atoms with van der Waals surface area (Å²) in [6.07, 6.45) is 0. The number of amides is 2. The number of halogens is 1. The number of carbonyl (C=O) groups excluding carboxylic acids is 2. The van der Waals surface area contributed by atoms with E-state index in [1.54, 1.807) is 42.5 Å². The number of hydrogen-bond acceptors (Lipinski definition) is 3. The highest BCUT2D eigenvalue weighted by molar-refractivity contribution is 6.30. The van der Waals surface area contributed by atoms with Gasteiger partial charge in [-0.3, -0.25) is 9.59 Å². The molecule has 0 radical (unpaired) electrons. The van der Waals surface area contributed by atoms with Crippen LogP contribution in [0.3, 0.4) is 0 Å². The molecule has 0 aliphatic carbocycles. The third-order valence-electron chi connectivity index (χ3n) is 4.34. The van der Waals surface area contributed by atoms with Gasteiger partial charge < -0.3 is 15.4 Å². The van der Waals surface area contributed by atoms with Crippen LogP contribution in [0.1, 0.15) is 21.5 Å². The number of aryl methyl sites for hydroxylation is 2. The molecule has 0 unspecified atom stereocenters. The van der Waals surface area contributed by atoms with Crippen LogP contribution in [0.2, 0.25) is 5.02 Å². The summed E-state index contributed by atoms with van der Waals surface area (Å²) in [6.45, 7) is 3.66. The summed E-state index contributed by atoms with van der Waals surface area (Å²) in [7, 11) is 0. The van der Waals surface area contributed by atoms with E-state index in [1.807, 2.05) is 38.1 Å². The van der Waals surface area contributed by atoms with Crippen LogP contribution in [0.5, 0.6) is 5.75 Å². The molecule has 0 spiro atoms. The van der Waals surface area contributed by atoms with E-state index in [9.17, 15) is 9.59 Å². The molecule has 148 valence electrons. The lowest BCUT2D eigenvalue weighted by molar-refractivity contribution is -0.118. The van der Waals surface area contributed by atoms with Gasteiger partial charge in [-0.15, -0.1) is 0 Å². The van der Waals surface area contributed by atoms with Crippen molar-refractivity contribution in [2.45, 2.75) is 13.8 Å². The Bertz CT molecular complexity index is 1030. The van der Waals surface area contributed by atoms with Crippen molar-refractivity contribution in [1.82, 2.24) is 0 Å². The maximum Gasteiger partial charge on any atom is 0.262 e. The molecule has 3 aromatic rings. The standard InChI is InChI=1S/C23H21ClN2O3/c1-15-5-3-4-6-20(15)26-23(28)17-7-10-19(11-8-17)29-14-22(27)25-21-12-9-18(24)13-16(21)2/h3-13H,14H2,1-2H3,(H,25,27)(H,26,28). The molecule has 0 heterocycles. The number of nitrogens with one attached hydrogen (secondary N) is 2. The first-order chi connectivity index (χ1) is 13.9. The van der Waals surface area contributed by atoms with Gasteiger partial charge in [0.25, 0.3) is 11.8 Å². The van der Waals surface area contributed by atoms with Gasteiger partial charge in [-0.2, -0.15) is 0 Å². The monoisotopic (exact) mass is 408 g/mol. The van der Waals surface area contributed by atoms with Crippen molar-refractivity contribution >= 4 is 34.8 Å². The van der Waals surface area contributed by atoms with Gasteiger partial charge in [0.05, 0.1) is 0 Å². The first kappa shape index (κ1) is 20.4. The summed E-state index contributed by atoms with van der Waals surface area (Å²) in [5, 5.41) is 6.28. The van der Waals surface area contributed by atoms with E-state index in [0.717, 1.165) is 16.8 Å². The predicted octanol–water partition coefficient (Wildman–Crippen LogP) is 5.23. The number of carbonyl (C=O) groups is 2. The molecule has 3 rings (SSSR count). The zero-order chi connectivity index (χ0) is 20.8. The molecule has 2 amide bonds. The van der Waals surface area contributed by atoms with Crippen LogP contribution in [-0.4, -0.2) is 18.4 Å². The third kappa shape index (κ3) is 5.59. The van der Waals surface area contributed by atoms with E-state index in [4.69, 9.17) is 16.3 Å². The fraction of sp³-hybridized carbons (Fsp3) is 0.130. The van der Waals surface area contributed by atoms with Crippen LogP contribution in [0.4, 0.5) is 11.4 Å². The Balaban J connectivity index is 1.54. The minimum Gasteiger partial charge on any atom is -0.484 e. The molecule has 0 bridgehead atoms. The molecular weight excluding hydrogens is 388 g/mol. The highest BCUT2D eigenvalue weighted by atomic mass is 35.5. The number of anilines is 2. The normalized spacial score (nSPS) is 10.3. The molecule has 0 saturated carbocycles. The second kappa shape index (κ2) is 9.26. The highest BCUT2D eigenvalue weighted by Crippen LogP contribution is 2.20. The molecule has 2 N–H and O–H groups in total. The van der Waals surface area contributed by atoms with Gasteiger partial charge in [0.15, 0.2) is 6.61 Å². The maximum atomic E-state index is 12.4. The van der Waals surface area contributed by atoms with Gasteiger partial charge in [0.2, 0.25) is 0 Å². The van der Waals surface area contributed by atoms with Crippen LogP contribution in [0, 0.1) is 13.8 Å². The average molecular weight is 409 g/mol. The highest BCUT2D eigenvalue weighted by Gasteiger charge is 2.09. The summed E-state index contributed by atoms with van der Waals surface area (Å²) in [5.74, 6) is 0.0130. The molecule has 3 aromatic carbocycles. The first-order valence-corrected chi connectivity index (χ1v) is 9.46. The first-order valence-electron chi connectivity index (χ1n) is 9.08. The van der Waals surface area contributed by atoms with Crippen molar-refractivity contribution in [3.63, 3.8) is 0 Å². The van der Waals surface area contributed by atoms with Gasteiger partial charge in [0, 0.05) is 22.0 Å². The van der Waals surface area contributed by atoms with Crippen molar-refractivity contribution in [2.24, 2.45) is 0 Å². The molecule has 0 atom stereocenters. The Morgan fingerprint density at radius 1 is 0.862 bits per heavy atom. The SMILES string of the molecule is Cc1cc(Cl)ccc1NC(=O)COc1ccc(C(=O)Nc2ccccc2C)cc1. The van der Waals surface area contributed by atoms with Crippen LogP contribution in [-0.2, 0) is 4.79 Å². The Hall–Kier alpha value is -3.31. The summed E-state index contributed by atoms with van der Waals surface area (Å²) in [5.41, 5.74) is 3.82. The lowest BCUT2D eigenvalue weighted by Gasteiger charge is -2.11. The molecule has 0 saturated heterocycles. The van der Waals surface area contributed by atoms with Crippen LogP contribution >= 0.6 is 11.6 Å². The summed E-state index contributed by atoms with van der Waals surface area (Å²) in [6, 6.07) is 19.4. The quantitative estimate of drug-likeness (QED) is 0.587. The number of ether oxygens (including phenoxy) is 1. The zero-order valence-corrected chi connectivity index (χ0v) is 16.9. The van der Waals surface area contributed by atoms with Gasteiger partial charge >= 0.3 is 0 Å². The molecule has 0 aliphatic heterocycles. The molecular formula is C23H21ClN2O3. The Kier molecular flexibility index (Phi) is 6.52. The van der Waals surface area contributed by atoms with Crippen LogP contribution in [0.15, 0.2) is 66.7 Å². The maximum absolute atomic E-state index is 12.4. The molecule has 0 aromatic heterocycles. The second-order valence-corrected chi connectivity index (χ2v) is 7.03. The number of benzene rings is 3. The van der Waals surface area contributed by atoms with Crippen molar-refractivity contribution < 1.29 is 14.3 Å². The predicted molar refractivity (Wildman–Crippen MR) is 116 cm³/mol. The minimum absolute atomic E-state index is 0.142. The Morgan fingerprint density at radius 3 is 2.24 bits per heavy atom. The van der Waals surface area contributed by atoms with Crippen molar-refractivity contribution in [1.29, 1.82) is 0 Å². The van der Waals surface area contributed by atoms with E-state index < -0.39 is 0 Å². The minimum atomic E-state index is -0.281. The van der Waals surface area contributed by atoms with Crippen molar-refractivity contribution in [3.8, 4) is 5.75 Å². The number of para-hydroxylation sites is 1. The number of rotatable bonds is 6. The van der Waals surface area contributed by atoms with E-state index in [0.29, 0.717) is 22.0 Å². The summed E-state index contributed by atoms with van der Waals surface area (Å²) in [4.78, 5) is 24.5. The third-order valence-corrected chi connectivity index (χ3v) is 4.58. The topological polar surface area (TPSA) is 67.4 Å². The van der Waals surface area contributed by atoms with Gasteiger partial charge in [-0.05, 0) is 73.5 Å². The molecule has 0 aliphatic rings. The molecule has 29 heavy (non-hydrogen) atoms. The summed E-state index contributed by atoms with van der Waals surface area (Å²) >= 11 is 5.92. The fourth-order valence-electron chi connectivity index (χ4n) is 2.71. The Morgan fingerprint density at radius 2 is 1.55 bits per heavy atom. The van der Waals surface area contributed by atoms with E-state index >= 15 is 0 Å². The van der Waals surface area contributed by atoms with E-state index in [-0.39, 0.29) is 18.4 Å². The van der Waals surface area contributed by atoms with Crippen LogP contribution < -0.4 is 15.4 Å². The average Bonchev–Trinajstić information content (AvgIpc) is 2.70. The van der Waals surface area contributed by atoms with Crippen LogP contribution in [0.25, 0.3) is 0 Å². The zero-order valence-electron chi connectivity index (χ0n) is 16.2. The van der Waals surface area contributed by atoms with E-state index in [1.165, 1.54) is 0 Å². The second-order valence-electron chi connectivity index (χ2n) is 6.59. The molecule has 6 heteroatoms. The van der Waals surface area contributed by atoms with Crippen molar-refractivity contribution in [2.75, 3.05) is 17.2 Å². The molecule has 0 fully saturated rings. The van der Waals surface area contributed by atoms with E-state index in [2.05, 4.69) is 10.6 Å². The number of hydrogen-bond donors (Lipinski definition) is 2.